The molecule has 0 aromatic heterocycles. The van der Waals surface area contributed by atoms with Gasteiger partial charge in [0.1, 0.15) is 12.6 Å². The van der Waals surface area contributed by atoms with Crippen molar-refractivity contribution in [2.75, 3.05) is 6.61 Å². The van der Waals surface area contributed by atoms with Crippen molar-refractivity contribution in [3.63, 3.8) is 0 Å². The van der Waals surface area contributed by atoms with Crippen LogP contribution in [0.5, 0.6) is 0 Å². The number of hydrogen-bond donors (Lipinski definition) is 1. The molecule has 5 heteroatoms. The number of nitrogens with zero attached hydrogens (tertiary/aromatic N) is 1. The van der Waals surface area contributed by atoms with Gasteiger partial charge >= 0.3 is 12.1 Å². The molecule has 1 amide bonds. The highest BCUT2D eigenvalue weighted by molar-refractivity contribution is 5.82. The molecule has 0 unspecified atom stereocenters. The first kappa shape index (κ1) is 19.4. The molecule has 3 aromatic carbocycles. The summed E-state index contributed by atoms with van der Waals surface area (Å²) in [6.07, 6.45) is -0.587. The molecular weight excluding hydrogens is 390 g/mol. The Hall–Kier alpha value is -3.60. The number of benzene rings is 3. The summed E-state index contributed by atoms with van der Waals surface area (Å²) >= 11 is 0. The van der Waals surface area contributed by atoms with E-state index in [1.165, 1.54) is 4.90 Å². The van der Waals surface area contributed by atoms with Crippen LogP contribution in [0.3, 0.4) is 0 Å². The Morgan fingerprint density at radius 3 is 2.06 bits per heavy atom. The lowest BCUT2D eigenvalue weighted by molar-refractivity contribution is -0.144. The molecule has 5 nitrogen and oxygen atoms in total. The van der Waals surface area contributed by atoms with Gasteiger partial charge in [-0.3, -0.25) is 4.90 Å². The van der Waals surface area contributed by atoms with Crippen molar-refractivity contribution in [3.8, 4) is 11.1 Å². The van der Waals surface area contributed by atoms with Gasteiger partial charge in [-0.05, 0) is 33.4 Å². The molecular formula is C26H23NO4. The van der Waals surface area contributed by atoms with Crippen LogP contribution in [0.4, 0.5) is 4.79 Å². The quantitative estimate of drug-likeness (QED) is 0.656. The van der Waals surface area contributed by atoms with Crippen LogP contribution in [0.25, 0.3) is 11.1 Å². The van der Waals surface area contributed by atoms with E-state index in [0.717, 1.165) is 33.4 Å². The third kappa shape index (κ3) is 3.17. The number of aliphatic carboxylic acids is 1. The van der Waals surface area contributed by atoms with Crippen LogP contribution in [0.2, 0.25) is 0 Å². The Balaban J connectivity index is 1.40. The molecule has 1 N–H and O–H groups in total. The molecule has 0 radical (unpaired) electrons. The molecule has 0 spiro atoms. The second kappa shape index (κ2) is 7.58. The Bertz CT molecular complexity index is 1130. The lowest BCUT2D eigenvalue weighted by atomic mass is 9.85. The van der Waals surface area contributed by atoms with E-state index in [0.29, 0.717) is 0 Å². The average Bonchev–Trinajstić information content (AvgIpc) is 3.11. The largest absolute Gasteiger partial charge is 0.480 e. The Morgan fingerprint density at radius 2 is 1.45 bits per heavy atom. The summed E-state index contributed by atoms with van der Waals surface area (Å²) in [6, 6.07) is 23.0. The normalized spacial score (nSPS) is 19.3. The summed E-state index contributed by atoms with van der Waals surface area (Å²) < 4.78 is 5.75. The summed E-state index contributed by atoms with van der Waals surface area (Å²) in [5, 5.41) is 9.84. The molecule has 2 atom stereocenters. The monoisotopic (exact) mass is 413 g/mol. The van der Waals surface area contributed by atoms with Gasteiger partial charge < -0.3 is 9.84 Å². The lowest BCUT2D eigenvalue weighted by Crippen LogP contribution is -2.50. The second-order valence-corrected chi connectivity index (χ2v) is 8.20. The van der Waals surface area contributed by atoms with Crippen LogP contribution >= 0.6 is 0 Å². The molecule has 1 aliphatic carbocycles. The molecule has 1 heterocycles. The van der Waals surface area contributed by atoms with E-state index < -0.39 is 18.1 Å². The van der Waals surface area contributed by atoms with Crippen molar-refractivity contribution >= 4 is 12.1 Å². The van der Waals surface area contributed by atoms with Crippen LogP contribution in [-0.4, -0.2) is 34.7 Å². The van der Waals surface area contributed by atoms with Crippen LogP contribution in [0, 0.1) is 0 Å². The zero-order valence-corrected chi connectivity index (χ0v) is 17.2. The molecule has 0 bridgehead atoms. The van der Waals surface area contributed by atoms with Gasteiger partial charge in [-0.1, -0.05) is 79.7 Å². The maximum atomic E-state index is 13.1. The fourth-order valence-corrected chi connectivity index (χ4v) is 5.05. The predicted octanol–water partition coefficient (Wildman–Crippen LogP) is 5.01. The smallest absolute Gasteiger partial charge is 0.410 e. The average molecular weight is 413 g/mol. The number of amides is 1. The highest BCUT2D eigenvalue weighted by atomic mass is 16.6. The third-order valence-electron chi connectivity index (χ3n) is 6.52. The number of fused-ring (bicyclic) bond motifs is 4. The van der Waals surface area contributed by atoms with Crippen molar-refractivity contribution in [1.82, 2.24) is 4.90 Å². The standard InChI is InChI=1S/C26H23NO4/c1-16-18-9-3-2-8-17(18)14-27(24(16)25(28)29)26(30)31-15-23-21-12-6-4-10-19(21)20-11-5-7-13-22(20)23/h2-13,16,23-24H,14-15H2,1H3,(H,28,29)/t16-,24+/m1/s1. The fraction of sp³-hybridized carbons (Fsp3) is 0.231. The number of carbonyl (C=O) groups excluding carboxylic acids is 1. The van der Waals surface area contributed by atoms with E-state index in [2.05, 4.69) is 24.3 Å². The van der Waals surface area contributed by atoms with Gasteiger partial charge in [-0.25, -0.2) is 9.59 Å². The summed E-state index contributed by atoms with van der Waals surface area (Å²) in [6.45, 7) is 2.25. The first-order valence-corrected chi connectivity index (χ1v) is 10.5. The van der Waals surface area contributed by atoms with Gasteiger partial charge in [0.15, 0.2) is 0 Å². The number of carbonyl (C=O) groups is 2. The topological polar surface area (TPSA) is 66.8 Å². The summed E-state index contributed by atoms with van der Waals surface area (Å²) in [5.74, 6) is -1.40. The first-order valence-electron chi connectivity index (χ1n) is 10.5. The van der Waals surface area contributed by atoms with Gasteiger partial charge in [0.25, 0.3) is 0 Å². The molecule has 156 valence electrons. The van der Waals surface area contributed by atoms with Crippen molar-refractivity contribution < 1.29 is 19.4 Å². The van der Waals surface area contributed by atoms with Gasteiger partial charge in [-0.15, -0.1) is 0 Å². The molecule has 0 saturated heterocycles. The third-order valence-corrected chi connectivity index (χ3v) is 6.52. The zero-order chi connectivity index (χ0) is 21.5. The van der Waals surface area contributed by atoms with E-state index in [1.54, 1.807) is 0 Å². The van der Waals surface area contributed by atoms with E-state index in [4.69, 9.17) is 4.74 Å². The molecule has 31 heavy (non-hydrogen) atoms. The van der Waals surface area contributed by atoms with Gasteiger partial charge in [-0.2, -0.15) is 0 Å². The van der Waals surface area contributed by atoms with Crippen molar-refractivity contribution in [2.24, 2.45) is 0 Å². The summed E-state index contributed by atoms with van der Waals surface area (Å²) in [7, 11) is 0. The maximum absolute atomic E-state index is 13.1. The van der Waals surface area contributed by atoms with Crippen molar-refractivity contribution in [2.45, 2.75) is 31.3 Å². The molecule has 5 rings (SSSR count). The van der Waals surface area contributed by atoms with Crippen LogP contribution in [-0.2, 0) is 16.1 Å². The van der Waals surface area contributed by atoms with Gasteiger partial charge in [0.2, 0.25) is 0 Å². The highest BCUT2D eigenvalue weighted by Crippen LogP contribution is 2.44. The minimum atomic E-state index is -1.02. The molecule has 1 aliphatic heterocycles. The number of ether oxygens (including phenoxy) is 1. The number of hydrogen-bond acceptors (Lipinski definition) is 3. The minimum Gasteiger partial charge on any atom is -0.480 e. The zero-order valence-electron chi connectivity index (χ0n) is 17.2. The minimum absolute atomic E-state index is 0.0610. The highest BCUT2D eigenvalue weighted by Gasteiger charge is 2.41. The van der Waals surface area contributed by atoms with E-state index in [1.807, 2.05) is 55.5 Å². The van der Waals surface area contributed by atoms with E-state index in [-0.39, 0.29) is 25.0 Å². The van der Waals surface area contributed by atoms with Gasteiger partial charge in [0.05, 0.1) is 6.54 Å². The summed E-state index contributed by atoms with van der Waals surface area (Å²) in [5.41, 5.74) is 6.50. The second-order valence-electron chi connectivity index (χ2n) is 8.20. The van der Waals surface area contributed by atoms with Gasteiger partial charge in [0, 0.05) is 11.8 Å². The van der Waals surface area contributed by atoms with E-state index >= 15 is 0 Å². The molecule has 0 fully saturated rings. The SMILES string of the molecule is C[C@@H]1c2ccccc2CN(C(=O)OCC2c3ccccc3-c3ccccc32)[C@@H]1C(=O)O. The van der Waals surface area contributed by atoms with E-state index in [9.17, 15) is 14.7 Å². The molecule has 3 aromatic rings. The molecule has 0 saturated carbocycles. The predicted molar refractivity (Wildman–Crippen MR) is 117 cm³/mol. The maximum Gasteiger partial charge on any atom is 0.410 e. The van der Waals surface area contributed by atoms with Crippen molar-refractivity contribution in [1.29, 1.82) is 0 Å². The first-order chi connectivity index (χ1) is 15.1. The number of carboxylic acid groups (broad SMARTS) is 1. The van der Waals surface area contributed by atoms with Crippen LogP contribution in [0.1, 0.15) is 41.0 Å². The van der Waals surface area contributed by atoms with Crippen LogP contribution in [0.15, 0.2) is 72.8 Å². The lowest BCUT2D eigenvalue weighted by Gasteiger charge is -2.38. The Labute approximate surface area is 180 Å². The van der Waals surface area contributed by atoms with Crippen LogP contribution < -0.4 is 0 Å². The molecule has 2 aliphatic rings. The Kier molecular flexibility index (Phi) is 4.74. The number of rotatable bonds is 3. The Morgan fingerprint density at radius 1 is 0.903 bits per heavy atom. The fourth-order valence-electron chi connectivity index (χ4n) is 5.05. The summed E-state index contributed by atoms with van der Waals surface area (Å²) in [4.78, 5) is 26.5. The van der Waals surface area contributed by atoms with Crippen molar-refractivity contribution in [3.05, 3.63) is 95.1 Å². The number of carboxylic acids is 1.